The van der Waals surface area contributed by atoms with Crippen LogP contribution in [0.25, 0.3) is 0 Å². The van der Waals surface area contributed by atoms with Crippen LogP contribution in [-0.2, 0) is 6.42 Å². The minimum Gasteiger partial charge on any atom is -0.328 e. The van der Waals surface area contributed by atoms with Crippen molar-refractivity contribution in [1.82, 2.24) is 9.88 Å². The Bertz CT molecular complexity index is 901. The van der Waals surface area contributed by atoms with E-state index in [4.69, 9.17) is 0 Å². The summed E-state index contributed by atoms with van der Waals surface area (Å²) in [7, 11) is 0. The number of hydrogen-bond acceptors (Lipinski definition) is 3. The summed E-state index contributed by atoms with van der Waals surface area (Å²) in [6.07, 6.45) is 18.0. The highest BCUT2D eigenvalue weighted by atomic mass is 32.1. The Morgan fingerprint density at radius 2 is 2.13 bits per heavy atom. The van der Waals surface area contributed by atoms with Crippen molar-refractivity contribution in [2.75, 3.05) is 0 Å². The van der Waals surface area contributed by atoms with E-state index < -0.39 is 5.92 Å². The number of allylic oxidation sites excluding steroid dienone is 6. The van der Waals surface area contributed by atoms with Gasteiger partial charge in [-0.15, -0.1) is 11.3 Å². The van der Waals surface area contributed by atoms with E-state index in [2.05, 4.69) is 42.6 Å². The lowest BCUT2D eigenvalue weighted by Crippen LogP contribution is -2.21. The van der Waals surface area contributed by atoms with Crippen molar-refractivity contribution in [1.29, 1.82) is 0 Å². The van der Waals surface area contributed by atoms with Gasteiger partial charge in [0.2, 0.25) is 0 Å². The van der Waals surface area contributed by atoms with Gasteiger partial charge in [-0.05, 0) is 37.7 Å². The zero-order chi connectivity index (χ0) is 22.6. The second kappa shape index (κ2) is 10.1. The summed E-state index contributed by atoms with van der Waals surface area (Å²) in [5.41, 5.74) is 2.39. The lowest BCUT2D eigenvalue weighted by atomic mass is 9.81. The third kappa shape index (κ3) is 5.82. The fourth-order valence-electron chi connectivity index (χ4n) is 4.17. The molecule has 1 aliphatic heterocycles. The van der Waals surface area contributed by atoms with Crippen LogP contribution < -0.4 is 0 Å². The number of halogens is 2. The van der Waals surface area contributed by atoms with Gasteiger partial charge in [-0.3, -0.25) is 0 Å². The molecule has 0 spiro atoms. The van der Waals surface area contributed by atoms with Crippen molar-refractivity contribution in [3.63, 3.8) is 0 Å². The van der Waals surface area contributed by atoms with Crippen LogP contribution in [0, 0.1) is 11.8 Å². The summed E-state index contributed by atoms with van der Waals surface area (Å²) in [5, 5.41) is 1.19. The number of nitrogens with zero attached hydrogens (tertiary/aromatic N) is 2. The molecule has 0 aromatic carbocycles. The summed E-state index contributed by atoms with van der Waals surface area (Å²) >= 11 is 1.80. The van der Waals surface area contributed by atoms with Crippen molar-refractivity contribution < 1.29 is 8.78 Å². The average molecular weight is 445 g/mol. The van der Waals surface area contributed by atoms with Crippen LogP contribution >= 0.6 is 11.3 Å². The molecule has 0 amide bonds. The van der Waals surface area contributed by atoms with Gasteiger partial charge in [0.05, 0.1) is 5.01 Å². The normalized spacial score (nSPS) is 23.7. The second-order valence-corrected chi connectivity index (χ2v) is 9.96. The Hall–Kier alpha value is -2.01. The average Bonchev–Trinajstić information content (AvgIpc) is 3.13. The van der Waals surface area contributed by atoms with Crippen molar-refractivity contribution in [3.8, 4) is 0 Å². The van der Waals surface area contributed by atoms with E-state index in [1.54, 1.807) is 17.4 Å². The van der Waals surface area contributed by atoms with Crippen LogP contribution in [0.3, 0.4) is 0 Å². The monoisotopic (exact) mass is 444 g/mol. The van der Waals surface area contributed by atoms with Gasteiger partial charge in [0, 0.05) is 54.4 Å². The van der Waals surface area contributed by atoms with Crippen molar-refractivity contribution in [2.45, 2.75) is 71.6 Å². The minimum atomic E-state index is -2.75. The SMILES string of the molecule is C=C1C(C2=CC=C(C(C)(F)F)CC2)CC(c2cnc(C[C@H](C)CC)s2)C=CN1/C=C\C. The maximum atomic E-state index is 13.7. The molecular formula is C26H34F2N2S. The Balaban J connectivity index is 1.88. The highest BCUT2D eigenvalue weighted by Gasteiger charge is 2.32. The molecule has 1 aliphatic carbocycles. The zero-order valence-electron chi connectivity index (χ0n) is 19.1. The molecule has 2 nitrogen and oxygen atoms in total. The quantitative estimate of drug-likeness (QED) is 0.423. The number of hydrogen-bond donors (Lipinski definition) is 0. The molecule has 168 valence electrons. The molecule has 0 bridgehead atoms. The Kier molecular flexibility index (Phi) is 7.68. The molecule has 5 heteroatoms. The molecule has 31 heavy (non-hydrogen) atoms. The van der Waals surface area contributed by atoms with Crippen LogP contribution in [0.5, 0.6) is 0 Å². The number of alkyl halides is 2. The summed E-state index contributed by atoms with van der Waals surface area (Å²) in [6.45, 7) is 11.8. The molecule has 1 aromatic heterocycles. The fraction of sp³-hybridized carbons (Fsp3) is 0.500. The van der Waals surface area contributed by atoms with E-state index in [-0.39, 0.29) is 17.4 Å². The molecule has 3 atom stereocenters. The van der Waals surface area contributed by atoms with Crippen LogP contribution in [0.1, 0.15) is 69.2 Å². The standard InChI is InChI=1S/C26H34F2N2S/c1-6-13-30-14-12-21(24-17-29-25(31-24)15-18(3)7-2)16-23(19(30)4)20-8-10-22(11-9-20)26(5,27)28/h6,8,10,12-14,17-18,21,23H,4,7,9,11,15-16H2,1-3,5H3/b13-6-/t18-,21?,23?/m1/s1. The van der Waals surface area contributed by atoms with E-state index in [0.29, 0.717) is 18.8 Å². The van der Waals surface area contributed by atoms with Gasteiger partial charge in [0.1, 0.15) is 0 Å². The second-order valence-electron chi connectivity index (χ2n) is 8.81. The molecule has 2 unspecified atom stereocenters. The van der Waals surface area contributed by atoms with Gasteiger partial charge in [-0.25, -0.2) is 13.8 Å². The van der Waals surface area contributed by atoms with E-state index >= 15 is 0 Å². The van der Waals surface area contributed by atoms with Gasteiger partial charge < -0.3 is 4.90 Å². The Labute approximate surface area is 189 Å². The summed E-state index contributed by atoms with van der Waals surface area (Å²) in [5.74, 6) is -1.77. The first-order valence-electron chi connectivity index (χ1n) is 11.2. The van der Waals surface area contributed by atoms with Gasteiger partial charge in [0.15, 0.2) is 0 Å². The maximum Gasteiger partial charge on any atom is 0.266 e. The first kappa shape index (κ1) is 23.6. The molecule has 0 saturated heterocycles. The largest absolute Gasteiger partial charge is 0.328 e. The summed E-state index contributed by atoms with van der Waals surface area (Å²) < 4.78 is 27.5. The van der Waals surface area contributed by atoms with Crippen LogP contribution in [0.15, 0.2) is 66.3 Å². The molecule has 0 radical (unpaired) electrons. The van der Waals surface area contributed by atoms with Crippen molar-refractivity contribution >= 4 is 11.3 Å². The van der Waals surface area contributed by atoms with Crippen molar-refractivity contribution in [3.05, 3.63) is 76.2 Å². The van der Waals surface area contributed by atoms with E-state index in [9.17, 15) is 8.78 Å². The van der Waals surface area contributed by atoms with Crippen LogP contribution in [0.4, 0.5) is 8.78 Å². The predicted molar refractivity (Wildman–Crippen MR) is 127 cm³/mol. The number of thiazole rings is 1. The third-order valence-corrected chi connectivity index (χ3v) is 7.51. The molecule has 2 aliphatic rings. The number of rotatable bonds is 7. The summed E-state index contributed by atoms with van der Waals surface area (Å²) in [4.78, 5) is 8.02. The number of aromatic nitrogens is 1. The van der Waals surface area contributed by atoms with Crippen LogP contribution in [-0.4, -0.2) is 15.8 Å². The maximum absolute atomic E-state index is 13.7. The first-order chi connectivity index (χ1) is 14.7. The minimum absolute atomic E-state index is 0.111. The van der Waals surface area contributed by atoms with Gasteiger partial charge >= 0.3 is 0 Å². The Morgan fingerprint density at radius 3 is 2.74 bits per heavy atom. The fourth-order valence-corrected chi connectivity index (χ4v) is 5.34. The molecule has 3 rings (SSSR count). The predicted octanol–water partition coefficient (Wildman–Crippen LogP) is 8.00. The van der Waals surface area contributed by atoms with E-state index in [1.165, 1.54) is 15.5 Å². The lowest BCUT2D eigenvalue weighted by molar-refractivity contribution is 0.0592. The molecule has 1 aromatic rings. The zero-order valence-corrected chi connectivity index (χ0v) is 19.9. The van der Waals surface area contributed by atoms with Crippen LogP contribution in [0.2, 0.25) is 0 Å². The van der Waals surface area contributed by atoms with Gasteiger partial charge in [-0.1, -0.05) is 56.7 Å². The topological polar surface area (TPSA) is 16.1 Å². The first-order valence-corrected chi connectivity index (χ1v) is 12.0. The van der Waals surface area contributed by atoms with Gasteiger partial charge in [-0.2, -0.15) is 0 Å². The highest BCUT2D eigenvalue weighted by molar-refractivity contribution is 7.11. The molecule has 0 fully saturated rings. The smallest absolute Gasteiger partial charge is 0.266 e. The molecular weight excluding hydrogens is 410 g/mol. The van der Waals surface area contributed by atoms with E-state index in [0.717, 1.165) is 31.9 Å². The molecule has 2 heterocycles. The van der Waals surface area contributed by atoms with Crippen molar-refractivity contribution in [2.24, 2.45) is 11.8 Å². The summed E-state index contributed by atoms with van der Waals surface area (Å²) in [6, 6.07) is 0. The van der Waals surface area contributed by atoms with E-state index in [1.807, 2.05) is 31.5 Å². The van der Waals surface area contributed by atoms with Gasteiger partial charge in [0.25, 0.3) is 5.92 Å². The Morgan fingerprint density at radius 1 is 1.35 bits per heavy atom. The third-order valence-electron chi connectivity index (χ3n) is 6.36. The lowest BCUT2D eigenvalue weighted by Gasteiger charge is -2.30. The molecule has 0 N–H and O–H groups in total. The highest BCUT2D eigenvalue weighted by Crippen LogP contribution is 2.42. The molecule has 0 saturated carbocycles.